The first kappa shape index (κ1) is 15.9. The molecule has 2 aliphatic rings. The second-order valence-corrected chi connectivity index (χ2v) is 6.62. The number of carbonyl (C=O) groups excluding carboxylic acids is 1. The van der Waals surface area contributed by atoms with Crippen molar-refractivity contribution in [2.45, 2.75) is 24.5 Å². The molecular formula is C17H20N6O2. The van der Waals surface area contributed by atoms with Gasteiger partial charge in [0, 0.05) is 32.4 Å². The predicted octanol–water partition coefficient (Wildman–Crippen LogP) is 0.777. The molecule has 2 unspecified atom stereocenters. The average Bonchev–Trinajstić information content (AvgIpc) is 3.29. The number of hydrogen-bond acceptors (Lipinski definition) is 7. The molecule has 2 saturated heterocycles. The third-order valence-corrected chi connectivity index (χ3v) is 5.04. The Morgan fingerprint density at radius 1 is 1.32 bits per heavy atom. The fraction of sp³-hybridized carbons (Fsp3) is 0.471. The molecule has 2 aliphatic heterocycles. The molecule has 8 heteroatoms. The molecule has 0 aromatic carbocycles. The van der Waals surface area contributed by atoms with E-state index < -0.39 is 0 Å². The van der Waals surface area contributed by atoms with E-state index in [1.54, 1.807) is 24.5 Å². The van der Waals surface area contributed by atoms with Crippen molar-refractivity contribution in [2.24, 2.45) is 0 Å². The van der Waals surface area contributed by atoms with Gasteiger partial charge in [-0.1, -0.05) is 0 Å². The maximum Gasteiger partial charge on any atom is 0.255 e. The highest BCUT2D eigenvalue weighted by Crippen LogP contribution is 2.37. The first-order valence-electron chi connectivity index (χ1n) is 8.37. The Kier molecular flexibility index (Phi) is 4.04. The van der Waals surface area contributed by atoms with Gasteiger partial charge in [-0.25, -0.2) is 9.97 Å². The Balaban J connectivity index is 1.42. The Morgan fingerprint density at radius 3 is 2.92 bits per heavy atom. The normalized spacial score (nSPS) is 25.5. The third-order valence-electron chi connectivity index (χ3n) is 5.04. The lowest BCUT2D eigenvalue weighted by Crippen LogP contribution is -2.38. The summed E-state index contributed by atoms with van der Waals surface area (Å²) in [5.41, 5.74) is 0.292. The number of aromatic nitrogens is 4. The van der Waals surface area contributed by atoms with Crippen molar-refractivity contribution in [3.63, 3.8) is 0 Å². The Labute approximate surface area is 145 Å². The van der Waals surface area contributed by atoms with Crippen LogP contribution in [0.4, 0.5) is 5.95 Å². The zero-order valence-corrected chi connectivity index (χ0v) is 14.1. The molecule has 1 amide bonds. The molecule has 2 fully saturated rings. The molecule has 0 radical (unpaired) electrons. The lowest BCUT2D eigenvalue weighted by atomic mass is 9.97. The highest BCUT2D eigenvalue weighted by atomic mass is 16.5. The molecule has 8 nitrogen and oxygen atoms in total. The number of likely N-dealkylation sites (N-methyl/N-ethyl adjacent to an activating group) is 1. The van der Waals surface area contributed by atoms with Crippen LogP contribution in [-0.4, -0.2) is 69.4 Å². The second-order valence-electron chi connectivity index (χ2n) is 6.62. The standard InChI is InChI=1S/C17H20N6O2/c1-22(16-18-5-2-6-19-16)14-9-17(25-11-14)4-8-23(12-17)15(24)13-3-7-20-21-10-13/h2-3,5-7,10,14H,4,8-9,11-12H2,1H3. The van der Waals surface area contributed by atoms with Gasteiger partial charge in [-0.05, 0) is 18.6 Å². The number of rotatable bonds is 3. The van der Waals surface area contributed by atoms with Gasteiger partial charge in [0.1, 0.15) is 0 Å². The summed E-state index contributed by atoms with van der Waals surface area (Å²) in [6.07, 6.45) is 8.23. The van der Waals surface area contributed by atoms with E-state index in [1.165, 1.54) is 12.4 Å². The van der Waals surface area contributed by atoms with Crippen LogP contribution >= 0.6 is 0 Å². The van der Waals surface area contributed by atoms with Gasteiger partial charge in [0.15, 0.2) is 0 Å². The van der Waals surface area contributed by atoms with E-state index in [9.17, 15) is 4.79 Å². The molecule has 1 spiro atoms. The molecular weight excluding hydrogens is 320 g/mol. The molecule has 25 heavy (non-hydrogen) atoms. The van der Waals surface area contributed by atoms with Crippen molar-refractivity contribution in [2.75, 3.05) is 31.6 Å². The maximum absolute atomic E-state index is 12.6. The summed E-state index contributed by atoms with van der Waals surface area (Å²) < 4.78 is 6.15. The average molecular weight is 340 g/mol. The highest BCUT2D eigenvalue weighted by Gasteiger charge is 2.48. The van der Waals surface area contributed by atoms with Gasteiger partial charge in [-0.3, -0.25) is 4.79 Å². The van der Waals surface area contributed by atoms with E-state index in [2.05, 4.69) is 25.1 Å². The van der Waals surface area contributed by atoms with Crippen LogP contribution in [0.3, 0.4) is 0 Å². The van der Waals surface area contributed by atoms with Crippen LogP contribution in [0.1, 0.15) is 23.2 Å². The first-order chi connectivity index (χ1) is 12.2. The minimum atomic E-state index is -0.274. The molecule has 0 bridgehead atoms. The molecule has 0 saturated carbocycles. The number of likely N-dealkylation sites (tertiary alicyclic amines) is 1. The molecule has 130 valence electrons. The first-order valence-corrected chi connectivity index (χ1v) is 8.37. The van der Waals surface area contributed by atoms with Gasteiger partial charge in [-0.15, -0.1) is 0 Å². The van der Waals surface area contributed by atoms with E-state index in [-0.39, 0.29) is 17.6 Å². The second kappa shape index (κ2) is 6.36. The van der Waals surface area contributed by atoms with Crippen molar-refractivity contribution >= 4 is 11.9 Å². The van der Waals surface area contributed by atoms with Crippen molar-refractivity contribution in [3.8, 4) is 0 Å². The zero-order chi connectivity index (χ0) is 17.3. The van der Waals surface area contributed by atoms with Crippen LogP contribution in [0.25, 0.3) is 0 Å². The quantitative estimate of drug-likeness (QED) is 0.816. The highest BCUT2D eigenvalue weighted by molar-refractivity contribution is 5.94. The van der Waals surface area contributed by atoms with Crippen molar-refractivity contribution in [3.05, 3.63) is 42.5 Å². The molecule has 2 aromatic heterocycles. The summed E-state index contributed by atoms with van der Waals surface area (Å²) in [6.45, 7) is 1.92. The van der Waals surface area contributed by atoms with Crippen LogP contribution < -0.4 is 4.90 Å². The summed E-state index contributed by atoms with van der Waals surface area (Å²) in [7, 11) is 1.99. The maximum atomic E-state index is 12.6. The summed E-state index contributed by atoms with van der Waals surface area (Å²) in [5.74, 6) is 0.681. The largest absolute Gasteiger partial charge is 0.371 e. The molecule has 0 N–H and O–H groups in total. The number of carbonyl (C=O) groups is 1. The van der Waals surface area contributed by atoms with Crippen LogP contribution in [0.5, 0.6) is 0 Å². The fourth-order valence-electron chi connectivity index (χ4n) is 3.61. The monoisotopic (exact) mass is 340 g/mol. The van der Waals surface area contributed by atoms with Crippen LogP contribution in [-0.2, 0) is 4.74 Å². The summed E-state index contributed by atoms with van der Waals surface area (Å²) in [6, 6.07) is 3.71. The SMILES string of the molecule is CN(c1ncccn1)C1COC2(CCN(C(=O)c3ccnnc3)C2)C1. The van der Waals surface area contributed by atoms with Gasteiger partial charge >= 0.3 is 0 Å². The fourth-order valence-corrected chi connectivity index (χ4v) is 3.61. The Bertz CT molecular complexity index is 743. The minimum Gasteiger partial charge on any atom is -0.371 e. The van der Waals surface area contributed by atoms with E-state index in [1.807, 2.05) is 11.9 Å². The van der Waals surface area contributed by atoms with Crippen LogP contribution in [0, 0.1) is 0 Å². The molecule has 4 rings (SSSR count). The predicted molar refractivity (Wildman–Crippen MR) is 90.1 cm³/mol. The molecule has 2 aromatic rings. The van der Waals surface area contributed by atoms with E-state index in [4.69, 9.17) is 4.74 Å². The van der Waals surface area contributed by atoms with Crippen LogP contribution in [0.15, 0.2) is 36.9 Å². The number of anilines is 1. The number of hydrogen-bond donors (Lipinski definition) is 0. The van der Waals surface area contributed by atoms with Gasteiger partial charge in [0.2, 0.25) is 5.95 Å². The Morgan fingerprint density at radius 2 is 2.16 bits per heavy atom. The smallest absolute Gasteiger partial charge is 0.255 e. The Hall–Kier alpha value is -2.61. The van der Waals surface area contributed by atoms with Gasteiger partial charge in [0.05, 0.1) is 42.8 Å². The van der Waals surface area contributed by atoms with Gasteiger partial charge < -0.3 is 14.5 Å². The zero-order valence-electron chi connectivity index (χ0n) is 14.1. The van der Waals surface area contributed by atoms with E-state index in [0.29, 0.717) is 31.2 Å². The van der Waals surface area contributed by atoms with Gasteiger partial charge in [0.25, 0.3) is 5.91 Å². The molecule has 4 heterocycles. The van der Waals surface area contributed by atoms with E-state index >= 15 is 0 Å². The number of amides is 1. The minimum absolute atomic E-state index is 0.0152. The third kappa shape index (κ3) is 3.05. The molecule has 0 aliphatic carbocycles. The van der Waals surface area contributed by atoms with Crippen molar-refractivity contribution < 1.29 is 9.53 Å². The van der Waals surface area contributed by atoms with Crippen LogP contribution in [0.2, 0.25) is 0 Å². The summed E-state index contributed by atoms with van der Waals surface area (Å²) >= 11 is 0. The molecule has 2 atom stereocenters. The van der Waals surface area contributed by atoms with Crippen molar-refractivity contribution in [1.82, 2.24) is 25.1 Å². The summed E-state index contributed by atoms with van der Waals surface area (Å²) in [5, 5.41) is 7.51. The number of ether oxygens (including phenoxy) is 1. The summed E-state index contributed by atoms with van der Waals surface area (Å²) in [4.78, 5) is 25.1. The topological polar surface area (TPSA) is 84.3 Å². The van der Waals surface area contributed by atoms with Crippen molar-refractivity contribution in [1.29, 1.82) is 0 Å². The van der Waals surface area contributed by atoms with E-state index in [0.717, 1.165) is 12.8 Å². The van der Waals surface area contributed by atoms with Gasteiger partial charge in [-0.2, -0.15) is 10.2 Å². The number of nitrogens with zero attached hydrogens (tertiary/aromatic N) is 6. The lowest BCUT2D eigenvalue weighted by Gasteiger charge is -2.26. The lowest BCUT2D eigenvalue weighted by molar-refractivity contribution is 0.0123.